The Labute approximate surface area is 176 Å². The normalized spacial score (nSPS) is 13.5. The number of carboxylic acid groups (broad SMARTS) is 1. The van der Waals surface area contributed by atoms with Crippen LogP contribution in [0.2, 0.25) is 0 Å². The van der Waals surface area contributed by atoms with Gasteiger partial charge in [-0.05, 0) is 60.1 Å². The first kappa shape index (κ1) is 22.9. The summed E-state index contributed by atoms with van der Waals surface area (Å²) in [5.41, 5.74) is 2.31. The molecule has 0 spiro atoms. The van der Waals surface area contributed by atoms with Crippen molar-refractivity contribution in [3.05, 3.63) is 65.2 Å². The molecule has 2 aromatic carbocycles. The van der Waals surface area contributed by atoms with Gasteiger partial charge in [-0.25, -0.2) is 13.2 Å². The molecule has 2 atom stereocenters. The number of benzene rings is 2. The van der Waals surface area contributed by atoms with E-state index >= 15 is 0 Å². The van der Waals surface area contributed by atoms with Crippen LogP contribution in [0.4, 0.5) is 0 Å². The minimum atomic E-state index is -4.43. The SMILES string of the molecule is CCC(CC(C)c1ccc(C(=O)O)cc1)c1ccc(S(=O)(=O)[O-])cc1.[Na+]. The molecule has 0 aliphatic carbocycles. The van der Waals surface area contributed by atoms with E-state index in [-0.39, 0.29) is 51.9 Å². The van der Waals surface area contributed by atoms with E-state index in [4.69, 9.17) is 5.11 Å². The first-order valence-corrected chi connectivity index (χ1v) is 9.52. The fourth-order valence-electron chi connectivity index (χ4n) is 2.96. The molecule has 2 aromatic rings. The monoisotopic (exact) mass is 384 g/mol. The van der Waals surface area contributed by atoms with Crippen molar-refractivity contribution in [1.82, 2.24) is 0 Å². The first-order valence-electron chi connectivity index (χ1n) is 8.11. The van der Waals surface area contributed by atoms with Crippen molar-refractivity contribution in [2.75, 3.05) is 0 Å². The summed E-state index contributed by atoms with van der Waals surface area (Å²) in [6.45, 7) is 4.14. The van der Waals surface area contributed by atoms with Gasteiger partial charge in [-0.2, -0.15) is 0 Å². The molecule has 0 heterocycles. The molecule has 5 nitrogen and oxygen atoms in total. The van der Waals surface area contributed by atoms with Gasteiger partial charge in [0.25, 0.3) is 0 Å². The summed E-state index contributed by atoms with van der Waals surface area (Å²) in [4.78, 5) is 10.7. The quantitative estimate of drug-likeness (QED) is 0.567. The molecule has 26 heavy (non-hydrogen) atoms. The Kier molecular flexibility index (Phi) is 8.50. The fourth-order valence-corrected chi connectivity index (χ4v) is 3.43. The number of hydrogen-bond acceptors (Lipinski definition) is 4. The van der Waals surface area contributed by atoms with Crippen LogP contribution >= 0.6 is 0 Å². The van der Waals surface area contributed by atoms with Gasteiger partial charge >= 0.3 is 35.5 Å². The number of hydrogen-bond donors (Lipinski definition) is 1. The summed E-state index contributed by atoms with van der Waals surface area (Å²) in [5, 5.41) is 8.96. The van der Waals surface area contributed by atoms with Crippen molar-refractivity contribution < 1.29 is 52.4 Å². The molecule has 2 unspecified atom stereocenters. The van der Waals surface area contributed by atoms with E-state index in [0.717, 1.165) is 24.0 Å². The maximum absolute atomic E-state index is 11.0. The molecular formula is C19H21NaO5S. The molecular weight excluding hydrogens is 363 g/mol. The second-order valence-electron chi connectivity index (χ2n) is 6.19. The zero-order chi connectivity index (χ0) is 18.6. The summed E-state index contributed by atoms with van der Waals surface area (Å²) in [6.07, 6.45) is 1.72. The van der Waals surface area contributed by atoms with E-state index in [0.29, 0.717) is 0 Å². The summed E-state index contributed by atoms with van der Waals surface area (Å²) in [6, 6.07) is 13.0. The summed E-state index contributed by atoms with van der Waals surface area (Å²) in [5.74, 6) is -0.507. The van der Waals surface area contributed by atoms with Crippen LogP contribution in [0.25, 0.3) is 0 Å². The molecule has 0 amide bonds. The van der Waals surface area contributed by atoms with Crippen LogP contribution in [-0.2, 0) is 10.1 Å². The van der Waals surface area contributed by atoms with Gasteiger partial charge in [0.2, 0.25) is 0 Å². The van der Waals surface area contributed by atoms with Crippen molar-refractivity contribution in [3.63, 3.8) is 0 Å². The zero-order valence-corrected chi connectivity index (χ0v) is 18.0. The molecule has 0 saturated heterocycles. The van der Waals surface area contributed by atoms with E-state index in [9.17, 15) is 17.8 Å². The fraction of sp³-hybridized carbons (Fsp3) is 0.316. The van der Waals surface area contributed by atoms with Gasteiger partial charge in [0.05, 0.1) is 10.5 Å². The van der Waals surface area contributed by atoms with Crippen LogP contribution in [0, 0.1) is 0 Å². The molecule has 0 fully saturated rings. The number of carboxylic acids is 1. The Morgan fingerprint density at radius 2 is 1.54 bits per heavy atom. The molecule has 2 rings (SSSR count). The smallest absolute Gasteiger partial charge is 0.744 e. The Morgan fingerprint density at radius 1 is 1.04 bits per heavy atom. The van der Waals surface area contributed by atoms with Crippen LogP contribution in [-0.4, -0.2) is 24.0 Å². The summed E-state index contributed by atoms with van der Waals surface area (Å²) >= 11 is 0. The molecule has 0 aliphatic rings. The van der Waals surface area contributed by atoms with Gasteiger partial charge in [0.1, 0.15) is 10.1 Å². The summed E-state index contributed by atoms with van der Waals surface area (Å²) < 4.78 is 33.1. The van der Waals surface area contributed by atoms with Crippen molar-refractivity contribution in [1.29, 1.82) is 0 Å². The maximum Gasteiger partial charge on any atom is 1.00 e. The number of rotatable bonds is 7. The van der Waals surface area contributed by atoms with E-state index < -0.39 is 16.1 Å². The van der Waals surface area contributed by atoms with Crippen molar-refractivity contribution in [2.45, 2.75) is 43.4 Å². The van der Waals surface area contributed by atoms with Crippen molar-refractivity contribution in [2.24, 2.45) is 0 Å². The Balaban J connectivity index is 0.00000338. The average Bonchev–Trinajstić information content (AvgIpc) is 2.59. The minimum Gasteiger partial charge on any atom is -0.744 e. The van der Waals surface area contributed by atoms with Crippen LogP contribution in [0.15, 0.2) is 53.4 Å². The van der Waals surface area contributed by atoms with Gasteiger partial charge in [-0.1, -0.05) is 38.1 Å². The minimum absolute atomic E-state index is 0. The van der Waals surface area contributed by atoms with Crippen LogP contribution in [0.1, 0.15) is 60.0 Å². The van der Waals surface area contributed by atoms with Gasteiger partial charge in [-0.15, -0.1) is 0 Å². The molecule has 0 radical (unpaired) electrons. The third-order valence-corrected chi connectivity index (χ3v) is 5.35. The second kappa shape index (κ2) is 9.67. The van der Waals surface area contributed by atoms with E-state index in [1.54, 1.807) is 24.3 Å². The second-order valence-corrected chi connectivity index (χ2v) is 7.57. The van der Waals surface area contributed by atoms with E-state index in [1.807, 2.05) is 12.1 Å². The predicted octanol–water partition coefficient (Wildman–Crippen LogP) is 0.980. The number of aromatic carboxylic acids is 1. The molecule has 7 heteroatoms. The number of carbonyl (C=O) groups is 1. The topological polar surface area (TPSA) is 94.5 Å². The molecule has 0 aliphatic heterocycles. The largest absolute Gasteiger partial charge is 1.00 e. The third kappa shape index (κ3) is 5.93. The van der Waals surface area contributed by atoms with Crippen molar-refractivity contribution in [3.8, 4) is 0 Å². The Bertz CT molecular complexity index is 829. The summed E-state index contributed by atoms with van der Waals surface area (Å²) in [7, 11) is -4.43. The zero-order valence-electron chi connectivity index (χ0n) is 15.2. The molecule has 0 saturated carbocycles. The average molecular weight is 384 g/mol. The first-order chi connectivity index (χ1) is 11.7. The van der Waals surface area contributed by atoms with Crippen LogP contribution in [0.3, 0.4) is 0 Å². The standard InChI is InChI=1S/C19H22O5S.Na/c1-3-14(16-8-10-18(11-9-16)25(22,23)24)12-13(2)15-4-6-17(7-5-15)19(20)21;/h4-11,13-14H,3,12H2,1-2H3,(H,20,21)(H,22,23,24);/q;+1/p-1. The van der Waals surface area contributed by atoms with Gasteiger partial charge < -0.3 is 9.66 Å². The Hall–Kier alpha value is -1.18. The molecule has 0 aromatic heterocycles. The van der Waals surface area contributed by atoms with Crippen LogP contribution in [0.5, 0.6) is 0 Å². The molecule has 1 N–H and O–H groups in total. The molecule has 134 valence electrons. The Morgan fingerprint density at radius 3 is 1.96 bits per heavy atom. The predicted molar refractivity (Wildman–Crippen MR) is 93.9 cm³/mol. The van der Waals surface area contributed by atoms with Crippen molar-refractivity contribution >= 4 is 16.1 Å². The van der Waals surface area contributed by atoms with E-state index in [1.165, 1.54) is 12.1 Å². The van der Waals surface area contributed by atoms with Crippen LogP contribution < -0.4 is 29.6 Å². The maximum atomic E-state index is 11.0. The third-order valence-electron chi connectivity index (χ3n) is 4.50. The van der Waals surface area contributed by atoms with E-state index in [2.05, 4.69) is 13.8 Å². The van der Waals surface area contributed by atoms with Gasteiger partial charge in [0, 0.05) is 0 Å². The molecule has 0 bridgehead atoms. The van der Waals surface area contributed by atoms with Gasteiger partial charge in [-0.3, -0.25) is 0 Å². The van der Waals surface area contributed by atoms with Gasteiger partial charge in [0.15, 0.2) is 0 Å².